The Morgan fingerprint density at radius 3 is 2.78 bits per heavy atom. The van der Waals surface area contributed by atoms with Crippen LogP contribution in [-0.2, 0) is 4.79 Å². The van der Waals surface area contributed by atoms with Crippen LogP contribution in [0.15, 0.2) is 53.1 Å². The lowest BCUT2D eigenvalue weighted by Crippen LogP contribution is -2.26. The van der Waals surface area contributed by atoms with Gasteiger partial charge in [-0.1, -0.05) is 30.3 Å². The summed E-state index contributed by atoms with van der Waals surface area (Å²) in [5.74, 6) is 0.741. The molecule has 0 radical (unpaired) electrons. The van der Waals surface area contributed by atoms with Crippen molar-refractivity contribution in [1.82, 2.24) is 5.43 Å². The number of nitrogens with one attached hydrogen (secondary N) is 1. The van der Waals surface area contributed by atoms with E-state index in [1.165, 1.54) is 0 Å². The zero-order chi connectivity index (χ0) is 12.4. The van der Waals surface area contributed by atoms with E-state index in [4.69, 9.17) is 4.42 Å². The van der Waals surface area contributed by atoms with Gasteiger partial charge in [-0.05, 0) is 12.1 Å². The van der Waals surface area contributed by atoms with Crippen LogP contribution in [0, 0.1) is 0 Å². The van der Waals surface area contributed by atoms with Crippen molar-refractivity contribution in [3.8, 4) is 0 Å². The van der Waals surface area contributed by atoms with Crippen LogP contribution in [-0.4, -0.2) is 16.8 Å². The summed E-state index contributed by atoms with van der Waals surface area (Å²) in [7, 11) is 0. The summed E-state index contributed by atoms with van der Waals surface area (Å²) in [5, 5.41) is 0. The monoisotopic (exact) mass is 241 g/mol. The Labute approximate surface area is 105 Å². The van der Waals surface area contributed by atoms with Crippen LogP contribution in [0.25, 0.3) is 0 Å². The Morgan fingerprint density at radius 2 is 2.06 bits per heavy atom. The SMILES string of the molecule is O=C1C[C@@H](c2ccccc2)/[N+](=C/c2ccco2)N1. The van der Waals surface area contributed by atoms with Crippen molar-refractivity contribution in [3.63, 3.8) is 0 Å². The van der Waals surface area contributed by atoms with E-state index in [1.54, 1.807) is 10.9 Å². The van der Waals surface area contributed by atoms with Crippen LogP contribution in [0.4, 0.5) is 0 Å². The van der Waals surface area contributed by atoms with Crippen LogP contribution >= 0.6 is 0 Å². The van der Waals surface area contributed by atoms with Crippen molar-refractivity contribution in [2.75, 3.05) is 0 Å². The first kappa shape index (κ1) is 10.8. The standard InChI is InChI=1S/C14H12N2O2/c17-14-9-13(11-5-2-1-3-6-11)16(15-14)10-12-7-4-8-18-12/h1-8,10,13H,9H2/p+1/b16-10-/t13-/m0/s1. The van der Waals surface area contributed by atoms with Crippen molar-refractivity contribution in [1.29, 1.82) is 0 Å². The van der Waals surface area contributed by atoms with Crippen LogP contribution in [0.3, 0.4) is 0 Å². The van der Waals surface area contributed by atoms with Crippen molar-refractivity contribution in [2.24, 2.45) is 0 Å². The predicted octanol–water partition coefficient (Wildman–Crippen LogP) is 1.89. The molecule has 0 saturated carbocycles. The number of amides is 1. The molecule has 4 heteroatoms. The minimum atomic E-state index is 0.0174. The molecule has 1 aliphatic heterocycles. The highest BCUT2D eigenvalue weighted by Crippen LogP contribution is 2.23. The molecule has 0 bridgehead atoms. The summed E-state index contributed by atoms with van der Waals surface area (Å²) < 4.78 is 7.07. The molecular formula is C14H13N2O2+. The maximum Gasteiger partial charge on any atom is 0.281 e. The first-order chi connectivity index (χ1) is 8.83. The molecule has 18 heavy (non-hydrogen) atoms. The van der Waals surface area contributed by atoms with E-state index < -0.39 is 0 Å². The van der Waals surface area contributed by atoms with Gasteiger partial charge < -0.3 is 4.42 Å². The highest BCUT2D eigenvalue weighted by molar-refractivity contribution is 5.79. The van der Waals surface area contributed by atoms with Gasteiger partial charge in [-0.15, -0.1) is 10.1 Å². The first-order valence-electron chi connectivity index (χ1n) is 5.84. The molecule has 2 aromatic rings. The fourth-order valence-corrected chi connectivity index (χ4v) is 2.12. The number of rotatable bonds is 2. The van der Waals surface area contributed by atoms with Gasteiger partial charge in [0.25, 0.3) is 5.91 Å². The van der Waals surface area contributed by atoms with E-state index in [1.807, 2.05) is 48.7 Å². The second-order valence-electron chi connectivity index (χ2n) is 4.22. The van der Waals surface area contributed by atoms with Crippen LogP contribution in [0.5, 0.6) is 0 Å². The topological polar surface area (TPSA) is 45.2 Å². The molecule has 0 unspecified atom stereocenters. The number of hydrazine groups is 1. The maximum absolute atomic E-state index is 11.6. The Hall–Kier alpha value is -2.36. The van der Waals surface area contributed by atoms with E-state index in [0.29, 0.717) is 6.42 Å². The number of hydrogen-bond donors (Lipinski definition) is 1. The molecule has 1 N–H and O–H groups in total. The number of nitrogens with zero attached hydrogens (tertiary/aromatic N) is 1. The summed E-state index contributed by atoms with van der Waals surface area (Å²) in [4.78, 5) is 11.6. The van der Waals surface area contributed by atoms with Gasteiger partial charge in [0.05, 0.1) is 6.26 Å². The second kappa shape index (κ2) is 4.49. The number of furan rings is 1. The van der Waals surface area contributed by atoms with Crippen LogP contribution in [0.1, 0.15) is 23.8 Å². The average Bonchev–Trinajstić information content (AvgIpc) is 3.01. The molecule has 1 aliphatic rings. The zero-order valence-electron chi connectivity index (χ0n) is 9.74. The number of benzene rings is 1. The minimum Gasteiger partial charge on any atom is -0.459 e. The number of carbonyl (C=O) groups is 1. The lowest BCUT2D eigenvalue weighted by molar-refractivity contribution is -0.595. The van der Waals surface area contributed by atoms with E-state index in [-0.39, 0.29) is 11.9 Å². The van der Waals surface area contributed by atoms with Crippen molar-refractivity contribution >= 4 is 12.1 Å². The molecule has 4 nitrogen and oxygen atoms in total. The Morgan fingerprint density at radius 1 is 1.22 bits per heavy atom. The van der Waals surface area contributed by atoms with Gasteiger partial charge in [-0.25, -0.2) is 0 Å². The average molecular weight is 241 g/mol. The normalized spacial score (nSPS) is 21.2. The van der Waals surface area contributed by atoms with Gasteiger partial charge in [0.15, 0.2) is 5.76 Å². The summed E-state index contributed by atoms with van der Waals surface area (Å²) in [6.45, 7) is 0. The number of carbonyl (C=O) groups excluding carboxylic acids is 1. The molecule has 1 atom stereocenters. The van der Waals surface area contributed by atoms with Crippen molar-refractivity contribution < 1.29 is 13.9 Å². The third-order valence-corrected chi connectivity index (χ3v) is 2.96. The summed E-state index contributed by atoms with van der Waals surface area (Å²) in [6, 6.07) is 13.7. The zero-order valence-corrected chi connectivity index (χ0v) is 9.74. The molecule has 1 amide bonds. The highest BCUT2D eigenvalue weighted by Gasteiger charge is 2.35. The fourth-order valence-electron chi connectivity index (χ4n) is 2.12. The van der Waals surface area contributed by atoms with Crippen molar-refractivity contribution in [2.45, 2.75) is 12.5 Å². The second-order valence-corrected chi connectivity index (χ2v) is 4.22. The maximum atomic E-state index is 11.6. The molecule has 0 aliphatic carbocycles. The Bertz CT molecular complexity index is 573. The van der Waals surface area contributed by atoms with Crippen LogP contribution < -0.4 is 5.43 Å². The molecule has 1 saturated heterocycles. The van der Waals surface area contributed by atoms with E-state index in [2.05, 4.69) is 5.43 Å². The number of hydrazone groups is 1. The largest absolute Gasteiger partial charge is 0.459 e. The van der Waals surface area contributed by atoms with Gasteiger partial charge in [0.1, 0.15) is 6.42 Å². The summed E-state index contributed by atoms with van der Waals surface area (Å²) in [5.41, 5.74) is 3.93. The molecule has 1 aromatic heterocycles. The third kappa shape index (κ3) is 2.05. The molecule has 0 spiro atoms. The highest BCUT2D eigenvalue weighted by atomic mass is 16.3. The van der Waals surface area contributed by atoms with E-state index in [9.17, 15) is 4.79 Å². The molecular weight excluding hydrogens is 228 g/mol. The Balaban J connectivity index is 1.95. The number of hydrogen-bond acceptors (Lipinski definition) is 2. The molecule has 1 aromatic carbocycles. The van der Waals surface area contributed by atoms with Gasteiger partial charge in [0.2, 0.25) is 12.3 Å². The lowest BCUT2D eigenvalue weighted by Gasteiger charge is -2.04. The van der Waals surface area contributed by atoms with Crippen LogP contribution in [0.2, 0.25) is 0 Å². The molecule has 90 valence electrons. The predicted molar refractivity (Wildman–Crippen MR) is 66.1 cm³/mol. The third-order valence-electron chi connectivity index (χ3n) is 2.96. The first-order valence-corrected chi connectivity index (χ1v) is 5.84. The molecule has 3 rings (SSSR count). The van der Waals surface area contributed by atoms with E-state index in [0.717, 1.165) is 11.3 Å². The summed E-state index contributed by atoms with van der Waals surface area (Å²) >= 11 is 0. The Kier molecular flexibility index (Phi) is 2.68. The minimum absolute atomic E-state index is 0.0174. The summed E-state index contributed by atoms with van der Waals surface area (Å²) in [6.07, 6.45) is 3.88. The van der Waals surface area contributed by atoms with Crippen molar-refractivity contribution in [3.05, 3.63) is 60.1 Å². The fraction of sp³-hybridized carbons (Fsp3) is 0.143. The lowest BCUT2D eigenvalue weighted by atomic mass is 10.1. The molecule has 1 fully saturated rings. The van der Waals surface area contributed by atoms with Gasteiger partial charge in [-0.2, -0.15) is 0 Å². The quantitative estimate of drug-likeness (QED) is 0.816. The van der Waals surface area contributed by atoms with Gasteiger partial charge in [-0.3, -0.25) is 4.79 Å². The smallest absolute Gasteiger partial charge is 0.281 e. The van der Waals surface area contributed by atoms with Gasteiger partial charge >= 0.3 is 0 Å². The molecule has 2 heterocycles. The van der Waals surface area contributed by atoms with E-state index >= 15 is 0 Å². The van der Waals surface area contributed by atoms with Gasteiger partial charge in [0, 0.05) is 5.56 Å².